The number of aromatic nitrogens is 2. The lowest BCUT2D eigenvalue weighted by atomic mass is 10.2. The van der Waals surface area contributed by atoms with Gasteiger partial charge >= 0.3 is 0 Å². The van der Waals surface area contributed by atoms with Crippen molar-refractivity contribution < 1.29 is 14.4 Å². The van der Waals surface area contributed by atoms with Crippen LogP contribution < -0.4 is 4.74 Å². The minimum atomic E-state index is 0.180. The molecule has 0 unspecified atom stereocenters. The Morgan fingerprint density at radius 3 is 2.90 bits per heavy atom. The van der Waals surface area contributed by atoms with E-state index in [1.165, 1.54) is 0 Å². The number of aliphatic hydroxyl groups excluding tert-OH is 1. The summed E-state index contributed by atoms with van der Waals surface area (Å²) in [7, 11) is 1.63. The lowest BCUT2D eigenvalue weighted by Crippen LogP contribution is -2.31. The molecule has 0 aliphatic carbocycles. The van der Waals surface area contributed by atoms with E-state index < -0.39 is 0 Å². The smallest absolute Gasteiger partial charge is 0.241 e. The molecule has 2 heterocycles. The number of methoxy groups -OCH3 is 1. The summed E-state index contributed by atoms with van der Waals surface area (Å²) in [6.07, 6.45) is 2.13. The van der Waals surface area contributed by atoms with Gasteiger partial charge in [-0.05, 0) is 43.7 Å². The number of rotatable bonds is 5. The van der Waals surface area contributed by atoms with Gasteiger partial charge in [-0.2, -0.15) is 4.98 Å². The van der Waals surface area contributed by atoms with Crippen LogP contribution in [0.15, 0.2) is 28.8 Å². The third kappa shape index (κ3) is 3.06. The number of ether oxygens (including phenoxy) is 1. The van der Waals surface area contributed by atoms with Crippen molar-refractivity contribution in [3.63, 3.8) is 0 Å². The number of likely N-dealkylation sites (tertiary alicyclic amines) is 1. The van der Waals surface area contributed by atoms with Crippen LogP contribution >= 0.6 is 0 Å². The zero-order valence-corrected chi connectivity index (χ0v) is 12.0. The summed E-state index contributed by atoms with van der Waals surface area (Å²) in [5.74, 6) is 1.96. The van der Waals surface area contributed by atoms with Crippen LogP contribution in [0.1, 0.15) is 18.7 Å². The van der Waals surface area contributed by atoms with E-state index in [2.05, 4.69) is 15.0 Å². The molecule has 3 rings (SSSR count). The molecule has 1 aliphatic rings. The predicted molar refractivity (Wildman–Crippen MR) is 76.8 cm³/mol. The van der Waals surface area contributed by atoms with Crippen molar-refractivity contribution in [2.45, 2.75) is 25.4 Å². The van der Waals surface area contributed by atoms with Gasteiger partial charge in [0.1, 0.15) is 5.75 Å². The maximum absolute atomic E-state index is 9.33. The average Bonchev–Trinajstić information content (AvgIpc) is 3.17. The molecule has 1 atom stereocenters. The monoisotopic (exact) mass is 289 g/mol. The summed E-state index contributed by atoms with van der Waals surface area (Å²) in [6, 6.07) is 7.75. The first-order chi connectivity index (χ1) is 10.3. The Morgan fingerprint density at radius 1 is 1.38 bits per heavy atom. The molecule has 6 heteroatoms. The fourth-order valence-corrected chi connectivity index (χ4v) is 2.66. The summed E-state index contributed by atoms with van der Waals surface area (Å²) in [6.45, 7) is 1.74. The first kappa shape index (κ1) is 14.0. The van der Waals surface area contributed by atoms with Gasteiger partial charge in [-0.3, -0.25) is 4.90 Å². The van der Waals surface area contributed by atoms with Gasteiger partial charge in [-0.1, -0.05) is 5.16 Å². The fraction of sp³-hybridized carbons (Fsp3) is 0.467. The Hall–Kier alpha value is -1.92. The lowest BCUT2D eigenvalue weighted by Gasteiger charge is -2.20. The first-order valence-corrected chi connectivity index (χ1v) is 7.12. The molecule has 6 nitrogen and oxygen atoms in total. The Balaban J connectivity index is 1.70. The van der Waals surface area contributed by atoms with Gasteiger partial charge < -0.3 is 14.4 Å². The van der Waals surface area contributed by atoms with Crippen LogP contribution in [0.4, 0.5) is 0 Å². The van der Waals surface area contributed by atoms with E-state index in [1.54, 1.807) is 7.11 Å². The molecule has 1 N–H and O–H groups in total. The van der Waals surface area contributed by atoms with Crippen LogP contribution in [0.5, 0.6) is 5.75 Å². The van der Waals surface area contributed by atoms with Crippen molar-refractivity contribution in [2.24, 2.45) is 0 Å². The summed E-state index contributed by atoms with van der Waals surface area (Å²) in [4.78, 5) is 6.61. The maximum Gasteiger partial charge on any atom is 0.241 e. The van der Waals surface area contributed by atoms with Crippen molar-refractivity contribution in [2.75, 3.05) is 20.3 Å². The molecule has 21 heavy (non-hydrogen) atoms. The second kappa shape index (κ2) is 6.24. The number of aliphatic hydroxyl groups is 1. The molecule has 1 fully saturated rings. The molecule has 2 aromatic rings. The SMILES string of the molecule is COc1ccc(-c2noc(CN3CCC[C@H]3CO)n2)cc1. The van der Waals surface area contributed by atoms with Gasteiger partial charge in [0, 0.05) is 11.6 Å². The molecule has 0 bridgehead atoms. The largest absolute Gasteiger partial charge is 0.497 e. The molecular weight excluding hydrogens is 270 g/mol. The minimum absolute atomic E-state index is 0.180. The standard InChI is InChI=1S/C15H19N3O3/c1-20-13-6-4-11(5-7-13)15-16-14(21-17-15)9-18-8-2-3-12(18)10-19/h4-7,12,19H,2-3,8-10H2,1H3/t12-/m0/s1. The normalized spacial score (nSPS) is 19.0. The van der Waals surface area contributed by atoms with E-state index in [4.69, 9.17) is 9.26 Å². The summed E-state index contributed by atoms with van der Waals surface area (Å²) < 4.78 is 10.4. The van der Waals surface area contributed by atoms with Crippen LogP contribution in [-0.4, -0.2) is 46.5 Å². The maximum atomic E-state index is 9.33. The quantitative estimate of drug-likeness (QED) is 0.903. The highest BCUT2D eigenvalue weighted by Crippen LogP contribution is 2.22. The molecular formula is C15H19N3O3. The van der Waals surface area contributed by atoms with Gasteiger partial charge in [0.25, 0.3) is 0 Å². The number of hydrogen-bond acceptors (Lipinski definition) is 6. The third-order valence-corrected chi connectivity index (χ3v) is 3.86. The predicted octanol–water partition coefficient (Wildman–Crippen LogP) is 1.70. The van der Waals surface area contributed by atoms with Crippen LogP contribution in [0.25, 0.3) is 11.4 Å². The van der Waals surface area contributed by atoms with Crippen molar-refractivity contribution in [3.05, 3.63) is 30.2 Å². The van der Waals surface area contributed by atoms with E-state index in [0.717, 1.165) is 30.7 Å². The van der Waals surface area contributed by atoms with Crippen molar-refractivity contribution in [1.82, 2.24) is 15.0 Å². The van der Waals surface area contributed by atoms with Crippen molar-refractivity contribution >= 4 is 0 Å². The molecule has 1 aromatic carbocycles. The highest BCUT2D eigenvalue weighted by Gasteiger charge is 2.25. The Bertz CT molecular complexity index is 582. The second-order valence-electron chi connectivity index (χ2n) is 5.19. The topological polar surface area (TPSA) is 71.6 Å². The molecule has 112 valence electrons. The number of hydrogen-bond donors (Lipinski definition) is 1. The van der Waals surface area contributed by atoms with E-state index in [-0.39, 0.29) is 12.6 Å². The Kier molecular flexibility index (Phi) is 4.17. The molecule has 1 saturated heterocycles. The van der Waals surface area contributed by atoms with Crippen LogP contribution in [-0.2, 0) is 6.54 Å². The molecule has 0 radical (unpaired) electrons. The summed E-state index contributed by atoms with van der Waals surface area (Å²) in [5, 5.41) is 13.3. The summed E-state index contributed by atoms with van der Waals surface area (Å²) in [5.41, 5.74) is 0.894. The molecule has 1 aromatic heterocycles. The number of nitrogens with zero attached hydrogens (tertiary/aromatic N) is 3. The zero-order chi connectivity index (χ0) is 14.7. The Labute approximate surface area is 123 Å². The van der Waals surface area contributed by atoms with Gasteiger partial charge in [0.15, 0.2) is 0 Å². The van der Waals surface area contributed by atoms with Crippen LogP contribution in [0.3, 0.4) is 0 Å². The van der Waals surface area contributed by atoms with Crippen molar-refractivity contribution in [3.8, 4) is 17.1 Å². The third-order valence-electron chi connectivity index (χ3n) is 3.86. The van der Waals surface area contributed by atoms with E-state index in [9.17, 15) is 5.11 Å². The highest BCUT2D eigenvalue weighted by atomic mass is 16.5. The minimum Gasteiger partial charge on any atom is -0.497 e. The second-order valence-corrected chi connectivity index (χ2v) is 5.19. The molecule has 0 saturated carbocycles. The van der Waals surface area contributed by atoms with Gasteiger partial charge in [-0.25, -0.2) is 0 Å². The summed E-state index contributed by atoms with van der Waals surface area (Å²) >= 11 is 0. The molecule has 0 amide bonds. The molecule has 0 spiro atoms. The fourth-order valence-electron chi connectivity index (χ4n) is 2.66. The Morgan fingerprint density at radius 2 is 2.19 bits per heavy atom. The first-order valence-electron chi connectivity index (χ1n) is 7.12. The van der Waals surface area contributed by atoms with Crippen molar-refractivity contribution in [1.29, 1.82) is 0 Å². The molecule has 1 aliphatic heterocycles. The van der Waals surface area contributed by atoms with Gasteiger partial charge in [0.05, 0.1) is 20.3 Å². The number of benzene rings is 1. The van der Waals surface area contributed by atoms with Crippen LogP contribution in [0.2, 0.25) is 0 Å². The van der Waals surface area contributed by atoms with E-state index >= 15 is 0 Å². The van der Waals surface area contributed by atoms with Crippen LogP contribution in [0, 0.1) is 0 Å². The lowest BCUT2D eigenvalue weighted by molar-refractivity contribution is 0.141. The van der Waals surface area contributed by atoms with E-state index in [1.807, 2.05) is 24.3 Å². The zero-order valence-electron chi connectivity index (χ0n) is 12.0. The van der Waals surface area contributed by atoms with Gasteiger partial charge in [-0.15, -0.1) is 0 Å². The van der Waals surface area contributed by atoms with Gasteiger partial charge in [0.2, 0.25) is 11.7 Å². The van der Waals surface area contributed by atoms with E-state index in [0.29, 0.717) is 18.3 Å². The average molecular weight is 289 g/mol. The highest BCUT2D eigenvalue weighted by molar-refractivity contribution is 5.55.